The van der Waals surface area contributed by atoms with E-state index in [0.717, 1.165) is 23.6 Å². The molecule has 0 fully saturated rings. The molecule has 108 valence electrons. The van der Waals surface area contributed by atoms with Crippen LogP contribution in [0.3, 0.4) is 0 Å². The van der Waals surface area contributed by atoms with Crippen molar-refractivity contribution in [2.75, 3.05) is 12.3 Å². The highest BCUT2D eigenvalue weighted by molar-refractivity contribution is 9.10. The largest absolute Gasteiger partial charge is 0.313 e. The van der Waals surface area contributed by atoms with Gasteiger partial charge in [-0.2, -0.15) is 0 Å². The maximum Gasteiger partial charge on any atom is 0.136 e. The molecule has 1 aromatic heterocycles. The second-order valence-corrected chi connectivity index (χ2v) is 7.31. The predicted octanol–water partition coefficient (Wildman–Crippen LogP) is 4.96. The maximum absolute atomic E-state index is 13.6. The first-order valence-corrected chi connectivity index (χ1v) is 9.19. The summed E-state index contributed by atoms with van der Waals surface area (Å²) in [5.74, 6) is 0.726. The third-order valence-corrected chi connectivity index (χ3v) is 6.05. The van der Waals surface area contributed by atoms with E-state index in [1.165, 1.54) is 15.4 Å². The molecule has 1 unspecified atom stereocenters. The third kappa shape index (κ3) is 4.58. The number of rotatable bonds is 7. The van der Waals surface area contributed by atoms with Gasteiger partial charge in [-0.3, -0.25) is 0 Å². The van der Waals surface area contributed by atoms with E-state index in [4.69, 9.17) is 0 Å². The van der Waals surface area contributed by atoms with Gasteiger partial charge in [0.2, 0.25) is 0 Å². The van der Waals surface area contributed by atoms with Gasteiger partial charge in [-0.15, -0.1) is 23.1 Å². The van der Waals surface area contributed by atoms with Gasteiger partial charge in [-0.25, -0.2) is 4.39 Å². The van der Waals surface area contributed by atoms with Crippen LogP contribution < -0.4 is 5.32 Å². The van der Waals surface area contributed by atoms with E-state index in [-0.39, 0.29) is 5.82 Å². The van der Waals surface area contributed by atoms with E-state index in [0.29, 0.717) is 6.04 Å². The summed E-state index contributed by atoms with van der Waals surface area (Å²) < 4.78 is 14.8. The number of hydrogen-bond acceptors (Lipinski definition) is 3. The molecule has 0 aliphatic carbocycles. The predicted molar refractivity (Wildman–Crippen MR) is 90.3 cm³/mol. The van der Waals surface area contributed by atoms with Crippen LogP contribution in [0.25, 0.3) is 0 Å². The van der Waals surface area contributed by atoms with E-state index in [1.54, 1.807) is 29.2 Å². The van der Waals surface area contributed by atoms with Crippen LogP contribution in [0.15, 0.2) is 45.1 Å². The molecular formula is C15H17BrFNS2. The molecule has 5 heteroatoms. The molecule has 1 aromatic carbocycles. The quantitative estimate of drug-likeness (QED) is 0.688. The van der Waals surface area contributed by atoms with Crippen molar-refractivity contribution < 1.29 is 4.39 Å². The Morgan fingerprint density at radius 2 is 2.15 bits per heavy atom. The first-order chi connectivity index (χ1) is 9.70. The van der Waals surface area contributed by atoms with Crippen molar-refractivity contribution in [2.45, 2.75) is 24.3 Å². The van der Waals surface area contributed by atoms with Gasteiger partial charge < -0.3 is 5.32 Å². The lowest BCUT2D eigenvalue weighted by Gasteiger charge is -2.17. The molecule has 2 rings (SSSR count). The minimum atomic E-state index is -0.134. The lowest BCUT2D eigenvalue weighted by atomic mass is 10.2. The van der Waals surface area contributed by atoms with Gasteiger partial charge >= 0.3 is 0 Å². The first kappa shape index (κ1) is 16.0. The highest BCUT2D eigenvalue weighted by Crippen LogP contribution is 2.27. The summed E-state index contributed by atoms with van der Waals surface area (Å²) in [7, 11) is 0. The summed E-state index contributed by atoms with van der Waals surface area (Å²) >= 11 is 6.90. The van der Waals surface area contributed by atoms with Gasteiger partial charge in [0.05, 0.1) is 0 Å². The zero-order chi connectivity index (χ0) is 14.4. The van der Waals surface area contributed by atoms with Crippen molar-refractivity contribution in [3.8, 4) is 0 Å². The molecule has 0 saturated carbocycles. The number of halogens is 2. The van der Waals surface area contributed by atoms with Crippen molar-refractivity contribution in [1.29, 1.82) is 0 Å². The summed E-state index contributed by atoms with van der Waals surface area (Å²) in [6.07, 6.45) is 0.966. The van der Waals surface area contributed by atoms with Crippen LogP contribution in [0.4, 0.5) is 4.39 Å². The summed E-state index contributed by atoms with van der Waals surface area (Å²) in [6.45, 7) is 3.02. The maximum atomic E-state index is 13.6. The fourth-order valence-electron chi connectivity index (χ4n) is 1.93. The second kappa shape index (κ2) is 8.17. The molecule has 1 N–H and O–H groups in total. The van der Waals surface area contributed by atoms with Crippen LogP contribution in [0.1, 0.15) is 11.8 Å². The normalized spacial score (nSPS) is 12.6. The Morgan fingerprint density at radius 1 is 1.35 bits per heavy atom. The number of benzene rings is 1. The van der Waals surface area contributed by atoms with E-state index >= 15 is 0 Å². The van der Waals surface area contributed by atoms with Gasteiger partial charge in [-0.05, 0) is 52.5 Å². The van der Waals surface area contributed by atoms with Gasteiger partial charge in [-0.1, -0.05) is 19.1 Å². The highest BCUT2D eigenvalue weighted by atomic mass is 79.9. The Labute approximate surface area is 136 Å². The first-order valence-electron chi connectivity index (χ1n) is 6.53. The Balaban J connectivity index is 1.96. The average Bonchev–Trinajstić information content (AvgIpc) is 2.83. The minimum absolute atomic E-state index is 0.134. The average molecular weight is 374 g/mol. The lowest BCUT2D eigenvalue weighted by Crippen LogP contribution is -2.33. The molecule has 0 radical (unpaired) electrons. The Morgan fingerprint density at radius 3 is 2.80 bits per heavy atom. The van der Waals surface area contributed by atoms with E-state index < -0.39 is 0 Å². The van der Waals surface area contributed by atoms with Crippen molar-refractivity contribution in [3.05, 3.63) is 50.9 Å². The Kier molecular flexibility index (Phi) is 6.55. The molecule has 2 aromatic rings. The summed E-state index contributed by atoms with van der Waals surface area (Å²) in [6, 6.07) is 9.38. The Bertz CT molecular complexity index is 544. The lowest BCUT2D eigenvalue weighted by molar-refractivity contribution is 0.573. The van der Waals surface area contributed by atoms with Crippen LogP contribution in [0.2, 0.25) is 0 Å². The topological polar surface area (TPSA) is 12.0 Å². The zero-order valence-electron chi connectivity index (χ0n) is 11.2. The number of thioether (sulfide) groups is 1. The molecule has 0 aliphatic rings. The third-order valence-electron chi connectivity index (χ3n) is 2.89. The van der Waals surface area contributed by atoms with Crippen LogP contribution in [-0.4, -0.2) is 18.3 Å². The number of likely N-dealkylation sites (N-methyl/N-ethyl adjacent to an activating group) is 1. The molecule has 1 atom stereocenters. The van der Waals surface area contributed by atoms with E-state index in [9.17, 15) is 4.39 Å². The minimum Gasteiger partial charge on any atom is -0.313 e. The fourth-order valence-corrected chi connectivity index (χ4v) is 4.52. The SMILES string of the molecule is CCNC(CSc1ccccc1F)Cc1sccc1Br. The fraction of sp³-hybridized carbons (Fsp3) is 0.333. The van der Waals surface area contributed by atoms with Crippen LogP contribution in [0.5, 0.6) is 0 Å². The molecule has 1 nitrogen and oxygen atoms in total. The van der Waals surface area contributed by atoms with Crippen LogP contribution in [0, 0.1) is 5.82 Å². The molecular weight excluding hydrogens is 357 g/mol. The smallest absolute Gasteiger partial charge is 0.136 e. The zero-order valence-corrected chi connectivity index (χ0v) is 14.5. The van der Waals surface area contributed by atoms with Crippen LogP contribution in [-0.2, 0) is 6.42 Å². The molecule has 0 amide bonds. The number of hydrogen-bond donors (Lipinski definition) is 1. The molecule has 0 saturated heterocycles. The molecule has 1 heterocycles. The summed E-state index contributed by atoms with van der Waals surface area (Å²) in [5, 5.41) is 5.57. The standard InChI is InChI=1S/C15H17BrFNS2/c1-2-18-11(9-15-12(16)7-8-19-15)10-20-14-6-4-3-5-13(14)17/h3-8,11,18H,2,9-10H2,1H3. The van der Waals surface area contributed by atoms with Crippen LogP contribution >= 0.6 is 39.0 Å². The van der Waals surface area contributed by atoms with Crippen molar-refractivity contribution in [1.82, 2.24) is 5.32 Å². The summed E-state index contributed by atoms with van der Waals surface area (Å²) in [4.78, 5) is 2.06. The molecule has 20 heavy (non-hydrogen) atoms. The number of thiophene rings is 1. The van der Waals surface area contributed by atoms with Gasteiger partial charge in [0.25, 0.3) is 0 Å². The van der Waals surface area contributed by atoms with Crippen molar-refractivity contribution >= 4 is 39.0 Å². The Hall–Kier alpha value is -0.360. The van der Waals surface area contributed by atoms with Crippen molar-refractivity contribution in [2.24, 2.45) is 0 Å². The van der Waals surface area contributed by atoms with Crippen molar-refractivity contribution in [3.63, 3.8) is 0 Å². The molecule has 0 bridgehead atoms. The van der Waals surface area contributed by atoms with E-state index in [1.807, 2.05) is 12.1 Å². The van der Waals surface area contributed by atoms with Gasteiger partial charge in [0.15, 0.2) is 0 Å². The number of nitrogens with one attached hydrogen (secondary N) is 1. The monoisotopic (exact) mass is 373 g/mol. The van der Waals surface area contributed by atoms with Gasteiger partial charge in [0, 0.05) is 26.0 Å². The second-order valence-electron chi connectivity index (χ2n) is 4.39. The van der Waals surface area contributed by atoms with E-state index in [2.05, 4.69) is 39.6 Å². The molecule has 0 aliphatic heterocycles. The molecule has 0 spiro atoms. The van der Waals surface area contributed by atoms with Gasteiger partial charge in [0.1, 0.15) is 5.82 Å². The highest BCUT2D eigenvalue weighted by Gasteiger charge is 2.13. The summed E-state index contributed by atoms with van der Waals surface area (Å²) in [5.41, 5.74) is 0.